The van der Waals surface area contributed by atoms with E-state index in [1.54, 1.807) is 11.8 Å². The van der Waals surface area contributed by atoms with Gasteiger partial charge in [0.25, 0.3) is 0 Å². The molecule has 2 atom stereocenters. The number of hydrogen-bond acceptors (Lipinski definition) is 6. The molecule has 0 heterocycles. The summed E-state index contributed by atoms with van der Waals surface area (Å²) in [5.74, 6) is -0.862. The Labute approximate surface area is 162 Å². The van der Waals surface area contributed by atoms with E-state index in [2.05, 4.69) is 16.0 Å². The maximum Gasteiger partial charge on any atom is 0.328 e. The summed E-state index contributed by atoms with van der Waals surface area (Å²) in [6, 6.07) is 7.63. The molecule has 0 aromatic heterocycles. The summed E-state index contributed by atoms with van der Waals surface area (Å²) in [7, 11) is 1.25. The first-order chi connectivity index (χ1) is 13.0. The van der Waals surface area contributed by atoms with E-state index in [1.165, 1.54) is 7.11 Å². The van der Waals surface area contributed by atoms with Gasteiger partial charge in [-0.05, 0) is 24.0 Å². The van der Waals surface area contributed by atoms with Crippen LogP contribution in [0.4, 0.5) is 0 Å². The van der Waals surface area contributed by atoms with Crippen molar-refractivity contribution in [1.29, 1.82) is 0 Å². The van der Waals surface area contributed by atoms with Crippen LogP contribution in [0.5, 0.6) is 0 Å². The molecule has 2 unspecified atom stereocenters. The Morgan fingerprint density at radius 3 is 2.48 bits per heavy atom. The first-order valence-electron chi connectivity index (χ1n) is 8.39. The van der Waals surface area contributed by atoms with Crippen molar-refractivity contribution in [2.24, 2.45) is 0 Å². The molecule has 0 aliphatic carbocycles. The largest absolute Gasteiger partial charge is 0.467 e. The molecule has 0 spiro atoms. The number of amides is 3. The standard InChI is InChI=1S/C18H25N3O5S/c1-26-18(25)15(10-13-6-4-3-5-7-13)21-16(23)11-19-17(24)14(20-12-22)8-9-27-2/h3-7,12,14-15H,8-11H2,1-2H3,(H,19,24)(H,20,22)(H,21,23). The van der Waals surface area contributed by atoms with Gasteiger partial charge in [-0.3, -0.25) is 14.4 Å². The molecule has 0 radical (unpaired) electrons. The van der Waals surface area contributed by atoms with E-state index in [9.17, 15) is 19.2 Å². The Morgan fingerprint density at radius 1 is 1.19 bits per heavy atom. The highest BCUT2D eigenvalue weighted by Crippen LogP contribution is 2.05. The quantitative estimate of drug-likeness (QED) is 0.336. The Morgan fingerprint density at radius 2 is 1.89 bits per heavy atom. The summed E-state index contributed by atoms with van der Waals surface area (Å²) in [5.41, 5.74) is 0.865. The highest BCUT2D eigenvalue weighted by molar-refractivity contribution is 7.98. The summed E-state index contributed by atoms with van der Waals surface area (Å²) < 4.78 is 4.73. The van der Waals surface area contributed by atoms with Crippen molar-refractivity contribution in [2.45, 2.75) is 24.9 Å². The molecule has 27 heavy (non-hydrogen) atoms. The summed E-state index contributed by atoms with van der Waals surface area (Å²) in [6.45, 7) is -0.308. The van der Waals surface area contributed by atoms with E-state index in [4.69, 9.17) is 4.74 Å². The predicted molar refractivity (Wildman–Crippen MR) is 103 cm³/mol. The summed E-state index contributed by atoms with van der Waals surface area (Å²) in [5, 5.41) is 7.46. The third kappa shape index (κ3) is 8.59. The molecule has 3 N–H and O–H groups in total. The van der Waals surface area contributed by atoms with Gasteiger partial charge in [0, 0.05) is 6.42 Å². The predicted octanol–water partition coefficient (Wildman–Crippen LogP) is -0.129. The fourth-order valence-electron chi connectivity index (χ4n) is 2.33. The van der Waals surface area contributed by atoms with Crippen LogP contribution in [0, 0.1) is 0 Å². The van der Waals surface area contributed by atoms with Crippen molar-refractivity contribution in [3.8, 4) is 0 Å². The Balaban J connectivity index is 2.58. The van der Waals surface area contributed by atoms with Crippen LogP contribution in [-0.2, 0) is 30.3 Å². The molecule has 0 saturated heterocycles. The van der Waals surface area contributed by atoms with Crippen LogP contribution in [-0.4, -0.2) is 61.9 Å². The third-order valence-electron chi connectivity index (χ3n) is 3.72. The van der Waals surface area contributed by atoms with Gasteiger partial charge in [-0.15, -0.1) is 0 Å². The second-order valence-corrected chi connectivity index (χ2v) is 6.65. The molecule has 8 nitrogen and oxygen atoms in total. The molecular formula is C18H25N3O5S. The van der Waals surface area contributed by atoms with Gasteiger partial charge in [0.05, 0.1) is 13.7 Å². The Bertz CT molecular complexity index is 627. The van der Waals surface area contributed by atoms with Gasteiger partial charge in [0.2, 0.25) is 18.2 Å². The van der Waals surface area contributed by atoms with E-state index in [0.717, 1.165) is 5.56 Å². The van der Waals surface area contributed by atoms with Gasteiger partial charge in [-0.2, -0.15) is 11.8 Å². The molecule has 1 aromatic rings. The smallest absolute Gasteiger partial charge is 0.328 e. The number of carbonyl (C=O) groups excluding carboxylic acids is 4. The average Bonchev–Trinajstić information content (AvgIpc) is 2.69. The minimum atomic E-state index is -0.859. The van der Waals surface area contributed by atoms with Gasteiger partial charge < -0.3 is 20.7 Å². The van der Waals surface area contributed by atoms with Crippen molar-refractivity contribution in [2.75, 3.05) is 25.7 Å². The minimum Gasteiger partial charge on any atom is -0.467 e. The van der Waals surface area contributed by atoms with E-state index >= 15 is 0 Å². The number of nitrogens with one attached hydrogen (secondary N) is 3. The number of rotatable bonds is 12. The highest BCUT2D eigenvalue weighted by atomic mass is 32.2. The van der Waals surface area contributed by atoms with Crippen molar-refractivity contribution < 1.29 is 23.9 Å². The zero-order chi connectivity index (χ0) is 20.1. The third-order valence-corrected chi connectivity index (χ3v) is 4.37. The Hall–Kier alpha value is -2.55. The van der Waals surface area contributed by atoms with E-state index in [0.29, 0.717) is 18.6 Å². The number of methoxy groups -OCH3 is 1. The molecule has 0 aliphatic rings. The van der Waals surface area contributed by atoms with Gasteiger partial charge in [-0.25, -0.2) is 4.79 Å². The van der Waals surface area contributed by atoms with E-state index in [-0.39, 0.29) is 13.0 Å². The average molecular weight is 395 g/mol. The van der Waals surface area contributed by atoms with Crippen LogP contribution >= 0.6 is 11.8 Å². The fourth-order valence-corrected chi connectivity index (χ4v) is 2.80. The molecule has 0 aliphatic heterocycles. The van der Waals surface area contributed by atoms with Gasteiger partial charge in [0.1, 0.15) is 12.1 Å². The van der Waals surface area contributed by atoms with Crippen molar-refractivity contribution in [3.63, 3.8) is 0 Å². The molecule has 0 bridgehead atoms. The second kappa shape index (κ2) is 12.7. The molecule has 0 fully saturated rings. The summed E-state index contributed by atoms with van der Waals surface area (Å²) in [4.78, 5) is 46.8. The van der Waals surface area contributed by atoms with Crippen LogP contribution in [0.3, 0.4) is 0 Å². The zero-order valence-electron chi connectivity index (χ0n) is 15.4. The van der Waals surface area contributed by atoms with Crippen LogP contribution in [0.25, 0.3) is 0 Å². The molecule has 0 saturated carbocycles. The number of thioether (sulfide) groups is 1. The first kappa shape index (κ1) is 22.5. The minimum absolute atomic E-state index is 0.274. The van der Waals surface area contributed by atoms with Crippen molar-refractivity contribution in [1.82, 2.24) is 16.0 Å². The molecule has 1 aromatic carbocycles. The molecule has 3 amide bonds. The normalized spacial score (nSPS) is 12.4. The van der Waals surface area contributed by atoms with Gasteiger partial charge in [0.15, 0.2) is 0 Å². The number of hydrogen-bond donors (Lipinski definition) is 3. The summed E-state index contributed by atoms with van der Waals surface area (Å²) >= 11 is 1.55. The van der Waals surface area contributed by atoms with Crippen LogP contribution < -0.4 is 16.0 Å². The first-order valence-corrected chi connectivity index (χ1v) is 9.78. The monoisotopic (exact) mass is 395 g/mol. The number of carbonyl (C=O) groups is 4. The van der Waals surface area contributed by atoms with E-state index in [1.807, 2.05) is 36.6 Å². The molecule has 1 rings (SSSR count). The maximum atomic E-state index is 12.1. The Kier molecular flexibility index (Phi) is 10.6. The maximum absolute atomic E-state index is 12.1. The molecule has 9 heteroatoms. The highest BCUT2D eigenvalue weighted by Gasteiger charge is 2.23. The van der Waals surface area contributed by atoms with Crippen LogP contribution in [0.2, 0.25) is 0 Å². The lowest BCUT2D eigenvalue weighted by molar-refractivity contribution is -0.145. The SMILES string of the molecule is COC(=O)C(Cc1ccccc1)NC(=O)CNC(=O)C(CCSC)NC=O. The fraction of sp³-hybridized carbons (Fsp3) is 0.444. The molecule has 148 valence electrons. The lowest BCUT2D eigenvalue weighted by atomic mass is 10.1. The van der Waals surface area contributed by atoms with Gasteiger partial charge in [-0.1, -0.05) is 30.3 Å². The second-order valence-electron chi connectivity index (χ2n) is 5.67. The number of esters is 1. The lowest BCUT2D eigenvalue weighted by Gasteiger charge is -2.18. The number of ether oxygens (including phenoxy) is 1. The van der Waals surface area contributed by atoms with Crippen LogP contribution in [0.1, 0.15) is 12.0 Å². The van der Waals surface area contributed by atoms with Crippen molar-refractivity contribution in [3.05, 3.63) is 35.9 Å². The van der Waals surface area contributed by atoms with Gasteiger partial charge >= 0.3 is 5.97 Å². The lowest BCUT2D eigenvalue weighted by Crippen LogP contribution is -2.50. The van der Waals surface area contributed by atoms with Crippen molar-refractivity contribution >= 4 is 36.0 Å². The van der Waals surface area contributed by atoms with E-state index < -0.39 is 29.9 Å². The topological polar surface area (TPSA) is 114 Å². The van der Waals surface area contributed by atoms with Crippen LogP contribution in [0.15, 0.2) is 30.3 Å². The summed E-state index contributed by atoms with van der Waals surface area (Å²) in [6.07, 6.45) is 3.07. The molecular weight excluding hydrogens is 370 g/mol. The zero-order valence-corrected chi connectivity index (χ0v) is 16.2. The number of benzene rings is 1.